The van der Waals surface area contributed by atoms with Crippen LogP contribution in [-0.4, -0.2) is 60.9 Å². The van der Waals surface area contributed by atoms with Crippen LogP contribution < -0.4 is 5.32 Å². The summed E-state index contributed by atoms with van der Waals surface area (Å²) in [6.45, 7) is 5.52. The average Bonchev–Trinajstić information content (AvgIpc) is 2.84. The Bertz CT molecular complexity index is 279. The molecule has 2 fully saturated rings. The van der Waals surface area contributed by atoms with Gasteiger partial charge in [0.05, 0.1) is 18.8 Å². The third-order valence-corrected chi connectivity index (χ3v) is 3.86. The van der Waals surface area contributed by atoms with Gasteiger partial charge in [-0.1, -0.05) is 6.92 Å². The van der Waals surface area contributed by atoms with Crippen molar-refractivity contribution in [3.05, 3.63) is 0 Å². The first kappa shape index (κ1) is 13.8. The molecule has 5 nitrogen and oxygen atoms in total. The molecule has 2 N–H and O–H groups in total. The summed E-state index contributed by atoms with van der Waals surface area (Å²) in [6.07, 6.45) is 2.90. The maximum Gasteiger partial charge on any atom is 0.234 e. The Morgan fingerprint density at radius 1 is 1.50 bits per heavy atom. The van der Waals surface area contributed by atoms with E-state index in [0.29, 0.717) is 13.1 Å². The Labute approximate surface area is 108 Å². The van der Waals surface area contributed by atoms with Gasteiger partial charge in [0.25, 0.3) is 0 Å². The van der Waals surface area contributed by atoms with E-state index in [4.69, 9.17) is 4.74 Å². The van der Waals surface area contributed by atoms with Crippen molar-refractivity contribution in [1.82, 2.24) is 10.2 Å². The number of likely N-dealkylation sites (tertiary alicyclic amines) is 1. The van der Waals surface area contributed by atoms with E-state index in [1.807, 2.05) is 6.92 Å². The van der Waals surface area contributed by atoms with Crippen molar-refractivity contribution >= 4 is 5.91 Å². The lowest BCUT2D eigenvalue weighted by molar-refractivity contribution is -0.123. The standard InChI is InChI=1S/C13H24N2O3/c1-10-8-15(5-4-12(10)16)9-13(17)14-7-11-3-2-6-18-11/h10-12,16H,2-9H2,1H3,(H,14,17). The Morgan fingerprint density at radius 3 is 3.00 bits per heavy atom. The lowest BCUT2D eigenvalue weighted by Gasteiger charge is -2.33. The molecule has 0 radical (unpaired) electrons. The summed E-state index contributed by atoms with van der Waals surface area (Å²) in [5, 5.41) is 12.6. The van der Waals surface area contributed by atoms with E-state index in [1.54, 1.807) is 0 Å². The zero-order valence-electron chi connectivity index (χ0n) is 11.1. The highest BCUT2D eigenvalue weighted by Crippen LogP contribution is 2.16. The van der Waals surface area contributed by atoms with E-state index >= 15 is 0 Å². The molecule has 1 amide bonds. The first-order chi connectivity index (χ1) is 8.65. The number of aliphatic hydroxyl groups excluding tert-OH is 1. The molecule has 5 heteroatoms. The van der Waals surface area contributed by atoms with E-state index < -0.39 is 0 Å². The third kappa shape index (κ3) is 3.93. The normalized spacial score (nSPS) is 33.6. The van der Waals surface area contributed by atoms with Crippen LogP contribution in [0.4, 0.5) is 0 Å². The highest BCUT2D eigenvalue weighted by atomic mass is 16.5. The summed E-state index contributed by atoms with van der Waals surface area (Å²) in [5.41, 5.74) is 0. The van der Waals surface area contributed by atoms with E-state index in [-0.39, 0.29) is 24.0 Å². The van der Waals surface area contributed by atoms with Gasteiger partial charge in [0.15, 0.2) is 0 Å². The van der Waals surface area contributed by atoms with E-state index in [1.165, 1.54) is 0 Å². The summed E-state index contributed by atoms with van der Waals surface area (Å²) >= 11 is 0. The van der Waals surface area contributed by atoms with Gasteiger partial charge in [-0.3, -0.25) is 9.69 Å². The van der Waals surface area contributed by atoms with Crippen LogP contribution in [0, 0.1) is 5.92 Å². The van der Waals surface area contributed by atoms with Crippen LogP contribution in [0.2, 0.25) is 0 Å². The van der Waals surface area contributed by atoms with Crippen molar-refractivity contribution in [3.8, 4) is 0 Å². The highest BCUT2D eigenvalue weighted by Gasteiger charge is 2.25. The number of hydrogen-bond donors (Lipinski definition) is 2. The lowest BCUT2D eigenvalue weighted by Crippen LogP contribution is -2.47. The molecule has 18 heavy (non-hydrogen) atoms. The molecule has 3 unspecified atom stereocenters. The van der Waals surface area contributed by atoms with Crippen LogP contribution >= 0.6 is 0 Å². The van der Waals surface area contributed by atoms with Crippen molar-refractivity contribution in [2.45, 2.75) is 38.4 Å². The second-order valence-corrected chi connectivity index (χ2v) is 5.51. The summed E-state index contributed by atoms with van der Waals surface area (Å²) in [5.74, 6) is 0.318. The molecule has 0 saturated carbocycles. The molecule has 0 aromatic carbocycles. The molecule has 0 aliphatic carbocycles. The van der Waals surface area contributed by atoms with Crippen LogP contribution in [0.15, 0.2) is 0 Å². The van der Waals surface area contributed by atoms with Gasteiger partial charge in [-0.05, 0) is 25.2 Å². The second kappa shape index (κ2) is 6.50. The number of nitrogens with zero attached hydrogens (tertiary/aromatic N) is 1. The molecule has 2 aliphatic rings. The molecule has 0 spiro atoms. The number of aliphatic hydroxyl groups is 1. The predicted octanol–water partition coefficient (Wildman–Crippen LogP) is -0.0157. The average molecular weight is 256 g/mol. The number of piperidine rings is 1. The quantitative estimate of drug-likeness (QED) is 0.742. The molecule has 2 rings (SSSR count). The molecule has 2 heterocycles. The maximum atomic E-state index is 11.8. The third-order valence-electron chi connectivity index (χ3n) is 3.86. The first-order valence-electron chi connectivity index (χ1n) is 6.94. The number of rotatable bonds is 4. The molecule has 0 aromatic rings. The van der Waals surface area contributed by atoms with Gasteiger partial charge >= 0.3 is 0 Å². The van der Waals surface area contributed by atoms with Gasteiger partial charge in [-0.15, -0.1) is 0 Å². The molecular formula is C13H24N2O3. The number of ether oxygens (including phenoxy) is 1. The number of hydrogen-bond acceptors (Lipinski definition) is 4. The van der Waals surface area contributed by atoms with E-state index in [9.17, 15) is 9.90 Å². The fraction of sp³-hybridized carbons (Fsp3) is 0.923. The Hall–Kier alpha value is -0.650. The second-order valence-electron chi connectivity index (χ2n) is 5.51. The minimum atomic E-state index is -0.212. The van der Waals surface area contributed by atoms with Gasteiger partial charge in [-0.2, -0.15) is 0 Å². The Kier molecular flexibility index (Phi) is 4.97. The van der Waals surface area contributed by atoms with E-state index in [0.717, 1.165) is 39.0 Å². The van der Waals surface area contributed by atoms with E-state index in [2.05, 4.69) is 10.2 Å². The van der Waals surface area contributed by atoms with Gasteiger partial charge in [0, 0.05) is 26.2 Å². The minimum Gasteiger partial charge on any atom is -0.393 e. The topological polar surface area (TPSA) is 61.8 Å². The number of carbonyl (C=O) groups excluding carboxylic acids is 1. The zero-order chi connectivity index (χ0) is 13.0. The van der Waals surface area contributed by atoms with Crippen LogP contribution in [-0.2, 0) is 9.53 Å². The molecule has 3 atom stereocenters. The zero-order valence-corrected chi connectivity index (χ0v) is 11.1. The van der Waals surface area contributed by atoms with Gasteiger partial charge < -0.3 is 15.2 Å². The van der Waals surface area contributed by atoms with Crippen LogP contribution in [0.3, 0.4) is 0 Å². The smallest absolute Gasteiger partial charge is 0.234 e. The van der Waals surface area contributed by atoms with Crippen LogP contribution in [0.25, 0.3) is 0 Å². The monoisotopic (exact) mass is 256 g/mol. The fourth-order valence-corrected chi connectivity index (χ4v) is 2.66. The number of carbonyl (C=O) groups is 1. The Morgan fingerprint density at radius 2 is 2.33 bits per heavy atom. The summed E-state index contributed by atoms with van der Waals surface area (Å²) in [7, 11) is 0. The number of nitrogens with one attached hydrogen (secondary N) is 1. The summed E-state index contributed by atoms with van der Waals surface area (Å²) in [4.78, 5) is 13.9. The highest BCUT2D eigenvalue weighted by molar-refractivity contribution is 5.78. The van der Waals surface area contributed by atoms with Crippen molar-refractivity contribution in [2.75, 3.05) is 32.8 Å². The Balaban J connectivity index is 1.64. The van der Waals surface area contributed by atoms with Crippen molar-refractivity contribution in [2.24, 2.45) is 5.92 Å². The predicted molar refractivity (Wildman–Crippen MR) is 68.2 cm³/mol. The molecular weight excluding hydrogens is 232 g/mol. The first-order valence-corrected chi connectivity index (χ1v) is 6.94. The lowest BCUT2D eigenvalue weighted by atomic mass is 9.97. The molecule has 0 bridgehead atoms. The van der Waals surface area contributed by atoms with Gasteiger partial charge in [0.2, 0.25) is 5.91 Å². The summed E-state index contributed by atoms with van der Waals surface area (Å²) in [6, 6.07) is 0. The minimum absolute atomic E-state index is 0.0640. The SMILES string of the molecule is CC1CN(CC(=O)NCC2CCCO2)CCC1O. The van der Waals surface area contributed by atoms with Crippen LogP contribution in [0.5, 0.6) is 0 Å². The molecule has 2 saturated heterocycles. The molecule has 2 aliphatic heterocycles. The van der Waals surface area contributed by atoms with Crippen molar-refractivity contribution in [3.63, 3.8) is 0 Å². The van der Waals surface area contributed by atoms with Gasteiger partial charge in [0.1, 0.15) is 0 Å². The molecule has 0 aromatic heterocycles. The van der Waals surface area contributed by atoms with Gasteiger partial charge in [-0.25, -0.2) is 0 Å². The molecule has 104 valence electrons. The van der Waals surface area contributed by atoms with Crippen LogP contribution in [0.1, 0.15) is 26.2 Å². The largest absolute Gasteiger partial charge is 0.393 e. The van der Waals surface area contributed by atoms with Crippen molar-refractivity contribution < 1.29 is 14.6 Å². The van der Waals surface area contributed by atoms with Crippen molar-refractivity contribution in [1.29, 1.82) is 0 Å². The number of amides is 1. The maximum absolute atomic E-state index is 11.8. The fourth-order valence-electron chi connectivity index (χ4n) is 2.66. The summed E-state index contributed by atoms with van der Waals surface area (Å²) < 4.78 is 5.46.